The van der Waals surface area contributed by atoms with Crippen molar-refractivity contribution in [3.05, 3.63) is 40.4 Å². The Morgan fingerprint density at radius 1 is 1.42 bits per heavy atom. The zero-order valence-electron chi connectivity index (χ0n) is 17.4. The highest BCUT2D eigenvalue weighted by atomic mass is 35.5. The lowest BCUT2D eigenvalue weighted by Crippen LogP contribution is -2.55. The summed E-state index contributed by atoms with van der Waals surface area (Å²) in [7, 11) is 0. The molecular weight excluding hydrogens is 488 g/mol. The van der Waals surface area contributed by atoms with Crippen molar-refractivity contribution in [3.8, 4) is 17.5 Å². The van der Waals surface area contributed by atoms with Gasteiger partial charge in [-0.3, -0.25) is 0 Å². The van der Waals surface area contributed by atoms with Crippen LogP contribution in [0.4, 0.5) is 5.13 Å². The minimum absolute atomic E-state index is 0.324. The number of aliphatic hydroxyl groups is 2. The van der Waals surface area contributed by atoms with Gasteiger partial charge in [-0.1, -0.05) is 28.6 Å². The van der Waals surface area contributed by atoms with Gasteiger partial charge in [0.15, 0.2) is 5.13 Å². The number of ether oxygens (including phenoxy) is 2. The monoisotopic (exact) mass is 508 g/mol. The summed E-state index contributed by atoms with van der Waals surface area (Å²) in [6.07, 6.45) is -0.958. The van der Waals surface area contributed by atoms with Crippen molar-refractivity contribution in [2.75, 3.05) is 18.9 Å². The number of benzene rings is 1. The van der Waals surface area contributed by atoms with Crippen molar-refractivity contribution >= 4 is 39.8 Å². The fourth-order valence-electron chi connectivity index (χ4n) is 3.57. The molecule has 0 amide bonds. The van der Waals surface area contributed by atoms with Gasteiger partial charge in [0, 0.05) is 16.9 Å². The van der Waals surface area contributed by atoms with Crippen molar-refractivity contribution < 1.29 is 19.7 Å². The van der Waals surface area contributed by atoms with E-state index in [1.165, 1.54) is 27.8 Å². The minimum atomic E-state index is -1.11. The van der Waals surface area contributed by atoms with E-state index in [1.807, 2.05) is 13.0 Å². The van der Waals surface area contributed by atoms with Crippen LogP contribution in [0.25, 0.3) is 11.4 Å². The predicted octanol–water partition coefficient (Wildman–Crippen LogP) is 2.33. The number of thiazole rings is 1. The average Bonchev–Trinajstić information content (AvgIpc) is 3.45. The molecule has 1 aliphatic heterocycles. The van der Waals surface area contributed by atoms with E-state index >= 15 is 0 Å². The van der Waals surface area contributed by atoms with E-state index in [0.29, 0.717) is 33.7 Å². The fourth-order valence-corrected chi connectivity index (χ4v) is 5.58. The molecule has 33 heavy (non-hydrogen) atoms. The first kappa shape index (κ1) is 23.9. The molecule has 1 fully saturated rings. The van der Waals surface area contributed by atoms with Gasteiger partial charge in [0.25, 0.3) is 0 Å². The molecular formula is C20H21ClN6O4S2. The molecule has 3 aromatic rings. The van der Waals surface area contributed by atoms with Crippen molar-refractivity contribution in [2.24, 2.45) is 0 Å². The summed E-state index contributed by atoms with van der Waals surface area (Å²) in [5, 5.41) is 40.9. The Kier molecular flexibility index (Phi) is 7.50. The lowest BCUT2D eigenvalue weighted by molar-refractivity contribution is -0.191. The summed E-state index contributed by atoms with van der Waals surface area (Å²) in [4.78, 5) is 4.97. The van der Waals surface area contributed by atoms with Gasteiger partial charge < -0.3 is 25.4 Å². The summed E-state index contributed by atoms with van der Waals surface area (Å²) in [6.45, 7) is 1.80. The highest BCUT2D eigenvalue weighted by Gasteiger charge is 2.47. The Morgan fingerprint density at radius 3 is 2.88 bits per heavy atom. The molecule has 3 unspecified atom stereocenters. The number of aliphatic hydroxyl groups excluding tert-OH is 2. The van der Waals surface area contributed by atoms with Crippen LogP contribution in [-0.2, 0) is 9.47 Å². The van der Waals surface area contributed by atoms with E-state index in [4.69, 9.17) is 32.1 Å². The molecule has 0 aliphatic carbocycles. The summed E-state index contributed by atoms with van der Waals surface area (Å²) >= 11 is 8.80. The summed E-state index contributed by atoms with van der Waals surface area (Å²) in [6, 6.07) is 6.39. The smallest absolute Gasteiger partial charge is 0.180 e. The number of thioether (sulfide) groups is 1. The predicted molar refractivity (Wildman–Crippen MR) is 124 cm³/mol. The van der Waals surface area contributed by atoms with E-state index in [-0.39, 0.29) is 0 Å². The molecule has 1 aromatic carbocycles. The molecule has 13 heteroatoms. The molecule has 0 bridgehead atoms. The third-order valence-corrected chi connectivity index (χ3v) is 7.22. The van der Waals surface area contributed by atoms with Gasteiger partial charge in [-0.2, -0.15) is 5.26 Å². The van der Waals surface area contributed by atoms with Gasteiger partial charge in [0.1, 0.15) is 47.2 Å². The van der Waals surface area contributed by atoms with E-state index in [2.05, 4.69) is 15.3 Å². The van der Waals surface area contributed by atoms with E-state index in [9.17, 15) is 10.2 Å². The quantitative estimate of drug-likeness (QED) is 0.433. The number of nitriles is 1. The normalized spacial score (nSPS) is 25.1. The average molecular weight is 509 g/mol. The highest BCUT2D eigenvalue weighted by Crippen LogP contribution is 2.40. The number of nitrogens with two attached hydrogens (primary N) is 1. The van der Waals surface area contributed by atoms with Gasteiger partial charge in [-0.05, 0) is 25.1 Å². The lowest BCUT2D eigenvalue weighted by Gasteiger charge is -2.43. The minimum Gasteiger partial charge on any atom is -0.394 e. The van der Waals surface area contributed by atoms with Crippen LogP contribution in [0.3, 0.4) is 0 Å². The number of rotatable bonds is 7. The van der Waals surface area contributed by atoms with Crippen molar-refractivity contribution in [1.82, 2.24) is 20.0 Å². The summed E-state index contributed by atoms with van der Waals surface area (Å²) < 4.78 is 13.5. The molecule has 0 spiro atoms. The molecule has 3 heterocycles. The molecule has 5 atom stereocenters. The molecule has 1 saturated heterocycles. The lowest BCUT2D eigenvalue weighted by atomic mass is 9.97. The zero-order valence-corrected chi connectivity index (χ0v) is 19.8. The Labute approximate surface area is 202 Å². The second-order valence-electron chi connectivity index (χ2n) is 7.15. The van der Waals surface area contributed by atoms with Crippen LogP contribution in [0.2, 0.25) is 5.02 Å². The highest BCUT2D eigenvalue weighted by molar-refractivity contribution is 7.99. The molecule has 10 nitrogen and oxygen atoms in total. The number of nitrogen functional groups attached to an aromatic ring is 1. The number of nitrogens with zero attached hydrogens (tertiary/aromatic N) is 5. The number of anilines is 1. The van der Waals surface area contributed by atoms with Crippen LogP contribution in [0.15, 0.2) is 34.7 Å². The molecule has 4 N–H and O–H groups in total. The molecule has 174 valence electrons. The Balaban J connectivity index is 1.66. The molecule has 0 radical (unpaired) electrons. The first-order chi connectivity index (χ1) is 15.9. The van der Waals surface area contributed by atoms with Gasteiger partial charge in [-0.25, -0.2) is 9.67 Å². The largest absolute Gasteiger partial charge is 0.394 e. The Hall–Kier alpha value is -2.24. The maximum absolute atomic E-state index is 11.0. The van der Waals surface area contributed by atoms with Gasteiger partial charge >= 0.3 is 0 Å². The molecule has 4 rings (SSSR count). The fraction of sp³-hybridized carbons (Fsp3) is 0.400. The molecule has 1 aliphatic rings. The van der Waals surface area contributed by atoms with Crippen LogP contribution in [-0.4, -0.2) is 67.2 Å². The second kappa shape index (κ2) is 10.4. The van der Waals surface area contributed by atoms with Crippen LogP contribution >= 0.6 is 34.7 Å². The molecule has 0 saturated carbocycles. The van der Waals surface area contributed by atoms with Crippen molar-refractivity contribution in [2.45, 2.75) is 41.6 Å². The summed E-state index contributed by atoms with van der Waals surface area (Å²) in [5.41, 5.74) is 6.56. The van der Waals surface area contributed by atoms with Gasteiger partial charge in [-0.15, -0.1) is 16.4 Å². The Bertz CT molecular complexity index is 1150. The standard InChI is InChI=1S/C20H21ClN6O4S2/c1-2-30-18-16(27-7-13(25-26-27)14-9-32-20(23)24-14)17(29)15(8-28)31-19(18)33-11-4-3-10(6-22)12(21)5-11/h3-5,7,9,15-19,28-29H,2,8H2,1H3,(H2,23,24)/t15?,16?,17-,18?,19+/m0/s1. The maximum atomic E-state index is 11.0. The van der Waals surface area contributed by atoms with E-state index < -0.39 is 36.4 Å². The van der Waals surface area contributed by atoms with E-state index in [1.54, 1.807) is 29.8 Å². The summed E-state index contributed by atoms with van der Waals surface area (Å²) in [5.74, 6) is 0. The molecule has 2 aromatic heterocycles. The zero-order chi connectivity index (χ0) is 23.5. The van der Waals surface area contributed by atoms with Gasteiger partial charge in [0.2, 0.25) is 0 Å². The van der Waals surface area contributed by atoms with Crippen LogP contribution in [0.1, 0.15) is 18.5 Å². The maximum Gasteiger partial charge on any atom is 0.180 e. The Morgan fingerprint density at radius 2 is 2.24 bits per heavy atom. The van der Waals surface area contributed by atoms with Crippen LogP contribution < -0.4 is 5.73 Å². The topological polar surface area (TPSA) is 152 Å². The van der Waals surface area contributed by atoms with Crippen molar-refractivity contribution in [3.63, 3.8) is 0 Å². The third kappa shape index (κ3) is 4.99. The number of hydrogen-bond donors (Lipinski definition) is 3. The third-order valence-electron chi connectivity index (χ3n) is 5.10. The number of halogens is 1. The van der Waals surface area contributed by atoms with Gasteiger partial charge in [0.05, 0.1) is 23.4 Å². The van der Waals surface area contributed by atoms with Crippen LogP contribution in [0, 0.1) is 11.3 Å². The SMILES string of the molecule is CCOC1C(n2cc(-c3csc(N)n3)nn2)[C@@H](O)C(CO)O[C@@H]1Sc1ccc(C#N)c(Cl)c1. The number of hydrogen-bond acceptors (Lipinski definition) is 11. The second-order valence-corrected chi connectivity index (χ2v) is 9.62. The first-order valence-corrected chi connectivity index (χ1v) is 12.1. The number of aromatic nitrogens is 4. The van der Waals surface area contributed by atoms with Crippen LogP contribution in [0.5, 0.6) is 0 Å². The first-order valence-electron chi connectivity index (χ1n) is 10.0. The van der Waals surface area contributed by atoms with Crippen molar-refractivity contribution in [1.29, 1.82) is 5.26 Å². The van der Waals surface area contributed by atoms with E-state index in [0.717, 1.165) is 4.90 Å².